The van der Waals surface area contributed by atoms with Crippen LogP contribution in [0.1, 0.15) is 45.7 Å². The molecule has 106 valence electrons. The van der Waals surface area contributed by atoms with Crippen LogP contribution >= 0.6 is 0 Å². The first-order valence-corrected chi connectivity index (χ1v) is 6.50. The minimum atomic E-state index is -0.908. The molecule has 0 bridgehead atoms. The molecule has 0 saturated carbocycles. The number of rotatable bonds is 6. The van der Waals surface area contributed by atoms with Gasteiger partial charge in [0, 0.05) is 0 Å². The Morgan fingerprint density at radius 1 is 1.32 bits per heavy atom. The summed E-state index contributed by atoms with van der Waals surface area (Å²) in [5.41, 5.74) is 0.859. The second kappa shape index (κ2) is 6.11. The first kappa shape index (κ1) is 15.6. The molecule has 0 saturated heterocycles. The zero-order valence-corrected chi connectivity index (χ0v) is 12.5. The zero-order valence-electron chi connectivity index (χ0n) is 12.5. The van der Waals surface area contributed by atoms with Gasteiger partial charge in [-0.2, -0.15) is 0 Å². The summed E-state index contributed by atoms with van der Waals surface area (Å²) in [6.07, 6.45) is 0.0898. The molecule has 1 rings (SSSR count). The smallest absolute Gasteiger partial charge is 0.120 e. The maximum absolute atomic E-state index is 10.1. The Balaban J connectivity index is 3.05. The van der Waals surface area contributed by atoms with Gasteiger partial charge in [-0.1, -0.05) is 6.58 Å². The van der Waals surface area contributed by atoms with Crippen molar-refractivity contribution >= 4 is 0 Å². The fraction of sp³-hybridized carbons (Fsp3) is 0.500. The van der Waals surface area contributed by atoms with Crippen molar-refractivity contribution in [2.75, 3.05) is 0 Å². The molecule has 0 unspecified atom stereocenters. The van der Waals surface area contributed by atoms with Gasteiger partial charge in [-0.05, 0) is 63.9 Å². The Labute approximate surface area is 115 Å². The molecule has 19 heavy (non-hydrogen) atoms. The monoisotopic (exact) mass is 264 g/mol. The first-order chi connectivity index (χ1) is 8.68. The van der Waals surface area contributed by atoms with Crippen molar-refractivity contribution in [2.45, 2.75) is 52.9 Å². The number of allylic oxidation sites excluding steroid dienone is 1. The van der Waals surface area contributed by atoms with Gasteiger partial charge in [0.15, 0.2) is 0 Å². The Morgan fingerprint density at radius 2 is 1.95 bits per heavy atom. The molecule has 0 fully saturated rings. The van der Waals surface area contributed by atoms with Gasteiger partial charge in [0.1, 0.15) is 12.4 Å². The van der Waals surface area contributed by atoms with Crippen molar-refractivity contribution in [2.24, 2.45) is 0 Å². The number of hydrogen-bond acceptors (Lipinski definition) is 3. The third-order valence-corrected chi connectivity index (χ3v) is 2.53. The molecule has 0 atom stereocenters. The lowest BCUT2D eigenvalue weighted by Crippen LogP contribution is -2.16. The van der Waals surface area contributed by atoms with E-state index in [2.05, 4.69) is 6.58 Å². The fourth-order valence-electron chi connectivity index (χ4n) is 1.64. The van der Waals surface area contributed by atoms with Gasteiger partial charge in [-0.25, -0.2) is 0 Å². The SMILES string of the molecule is C=C(C)OCc1cc(OC(C)C)cc(C(C)(C)O)c1. The van der Waals surface area contributed by atoms with Crippen LogP contribution in [0, 0.1) is 0 Å². The molecule has 1 aromatic carbocycles. The molecule has 3 nitrogen and oxygen atoms in total. The standard InChI is InChI=1S/C16H24O3/c1-11(2)18-10-13-7-14(16(5,6)17)9-15(8-13)19-12(3)4/h7-9,12,17H,1,10H2,2-6H3. The van der Waals surface area contributed by atoms with Gasteiger partial charge < -0.3 is 14.6 Å². The highest BCUT2D eigenvalue weighted by Crippen LogP contribution is 2.27. The van der Waals surface area contributed by atoms with Crippen LogP contribution < -0.4 is 4.74 Å². The average Bonchev–Trinajstić information content (AvgIpc) is 2.24. The Hall–Kier alpha value is -1.48. The summed E-state index contributed by atoms with van der Waals surface area (Å²) in [7, 11) is 0. The normalized spacial score (nSPS) is 11.5. The van der Waals surface area contributed by atoms with Crippen LogP contribution in [0.15, 0.2) is 30.5 Å². The van der Waals surface area contributed by atoms with E-state index in [4.69, 9.17) is 9.47 Å². The number of benzene rings is 1. The van der Waals surface area contributed by atoms with Crippen LogP contribution in [-0.4, -0.2) is 11.2 Å². The lowest BCUT2D eigenvalue weighted by Gasteiger charge is -2.21. The van der Waals surface area contributed by atoms with Crippen molar-refractivity contribution < 1.29 is 14.6 Å². The van der Waals surface area contributed by atoms with Crippen molar-refractivity contribution in [1.82, 2.24) is 0 Å². The van der Waals surface area contributed by atoms with Crippen molar-refractivity contribution in [3.8, 4) is 5.75 Å². The molecule has 3 heteroatoms. The van der Waals surface area contributed by atoms with E-state index in [9.17, 15) is 5.11 Å². The first-order valence-electron chi connectivity index (χ1n) is 6.50. The van der Waals surface area contributed by atoms with Crippen LogP contribution in [0.3, 0.4) is 0 Å². The van der Waals surface area contributed by atoms with E-state index in [0.717, 1.165) is 16.9 Å². The summed E-state index contributed by atoms with van der Waals surface area (Å²) < 4.78 is 11.1. The molecule has 0 spiro atoms. The van der Waals surface area contributed by atoms with Gasteiger partial charge in [0.05, 0.1) is 17.5 Å². The number of hydrogen-bond donors (Lipinski definition) is 1. The molecule has 0 aliphatic carbocycles. The largest absolute Gasteiger partial charge is 0.494 e. The van der Waals surface area contributed by atoms with Gasteiger partial charge in [0.25, 0.3) is 0 Å². The molecule has 0 aromatic heterocycles. The van der Waals surface area contributed by atoms with Gasteiger partial charge in [0.2, 0.25) is 0 Å². The molecule has 1 aromatic rings. The lowest BCUT2D eigenvalue weighted by atomic mass is 9.96. The third-order valence-electron chi connectivity index (χ3n) is 2.53. The van der Waals surface area contributed by atoms with E-state index >= 15 is 0 Å². The highest BCUT2D eigenvalue weighted by Gasteiger charge is 2.18. The van der Waals surface area contributed by atoms with Crippen molar-refractivity contribution in [3.05, 3.63) is 41.7 Å². The van der Waals surface area contributed by atoms with Crippen LogP contribution in [-0.2, 0) is 16.9 Å². The minimum Gasteiger partial charge on any atom is -0.494 e. The number of aliphatic hydroxyl groups is 1. The summed E-state index contributed by atoms with van der Waals surface area (Å²) in [5, 5.41) is 10.1. The van der Waals surface area contributed by atoms with E-state index in [1.165, 1.54) is 0 Å². The van der Waals surface area contributed by atoms with Gasteiger partial charge >= 0.3 is 0 Å². The van der Waals surface area contributed by atoms with Gasteiger partial charge in [-0.15, -0.1) is 0 Å². The minimum absolute atomic E-state index is 0.0898. The highest BCUT2D eigenvalue weighted by molar-refractivity contribution is 5.37. The van der Waals surface area contributed by atoms with E-state index in [-0.39, 0.29) is 6.10 Å². The maximum Gasteiger partial charge on any atom is 0.120 e. The predicted octanol–water partition coefficient (Wildman–Crippen LogP) is 3.75. The topological polar surface area (TPSA) is 38.7 Å². The van der Waals surface area contributed by atoms with Crippen LogP contribution in [0.25, 0.3) is 0 Å². The molecule has 0 aliphatic heterocycles. The van der Waals surface area contributed by atoms with E-state index in [1.807, 2.05) is 39.0 Å². The summed E-state index contributed by atoms with van der Waals surface area (Å²) >= 11 is 0. The van der Waals surface area contributed by atoms with E-state index in [0.29, 0.717) is 12.4 Å². The Kier molecular flexibility index (Phi) is 5.01. The predicted molar refractivity (Wildman–Crippen MR) is 77.1 cm³/mol. The molecule has 0 aliphatic rings. The molecule has 1 N–H and O–H groups in total. The summed E-state index contributed by atoms with van der Waals surface area (Å²) in [4.78, 5) is 0. The number of ether oxygens (including phenoxy) is 2. The third kappa shape index (κ3) is 5.35. The lowest BCUT2D eigenvalue weighted by molar-refractivity contribution is 0.0778. The summed E-state index contributed by atoms with van der Waals surface area (Å²) in [6, 6.07) is 5.72. The second-order valence-electron chi connectivity index (χ2n) is 5.58. The summed E-state index contributed by atoms with van der Waals surface area (Å²) in [5.74, 6) is 1.41. The molecular formula is C16H24O3. The highest BCUT2D eigenvalue weighted by atomic mass is 16.5. The van der Waals surface area contributed by atoms with Gasteiger partial charge in [-0.3, -0.25) is 0 Å². The van der Waals surface area contributed by atoms with Crippen LogP contribution in [0.4, 0.5) is 0 Å². The Morgan fingerprint density at radius 3 is 2.42 bits per heavy atom. The quantitative estimate of drug-likeness (QED) is 0.795. The molecule has 0 heterocycles. The Bertz CT molecular complexity index is 442. The van der Waals surface area contributed by atoms with E-state index < -0.39 is 5.60 Å². The molecule has 0 radical (unpaired) electrons. The average molecular weight is 264 g/mol. The van der Waals surface area contributed by atoms with E-state index in [1.54, 1.807) is 13.8 Å². The van der Waals surface area contributed by atoms with Crippen molar-refractivity contribution in [3.63, 3.8) is 0 Å². The fourth-order valence-corrected chi connectivity index (χ4v) is 1.64. The summed E-state index contributed by atoms with van der Waals surface area (Å²) in [6.45, 7) is 13.4. The van der Waals surface area contributed by atoms with Crippen LogP contribution in [0.2, 0.25) is 0 Å². The zero-order chi connectivity index (χ0) is 14.6. The second-order valence-corrected chi connectivity index (χ2v) is 5.58. The maximum atomic E-state index is 10.1. The molecule has 0 amide bonds. The molecular weight excluding hydrogens is 240 g/mol. The van der Waals surface area contributed by atoms with Crippen LogP contribution in [0.5, 0.6) is 5.75 Å². The van der Waals surface area contributed by atoms with Crippen molar-refractivity contribution in [1.29, 1.82) is 0 Å².